The van der Waals surface area contributed by atoms with Gasteiger partial charge in [-0.05, 0) is 28.8 Å². The highest BCUT2D eigenvalue weighted by atomic mass is 16.5. The Labute approximate surface area is 152 Å². The van der Waals surface area contributed by atoms with E-state index in [-0.39, 0.29) is 0 Å². The summed E-state index contributed by atoms with van der Waals surface area (Å²) in [6.45, 7) is 0.346. The van der Waals surface area contributed by atoms with Gasteiger partial charge in [0.1, 0.15) is 24.2 Å². The molecule has 0 amide bonds. The Balaban J connectivity index is 1.92. The van der Waals surface area contributed by atoms with E-state index in [1.807, 2.05) is 54.6 Å². The fraction of sp³-hybridized carbons (Fsp3) is 0.0909. The quantitative estimate of drug-likeness (QED) is 0.486. The van der Waals surface area contributed by atoms with E-state index in [9.17, 15) is 9.59 Å². The molecule has 0 aromatic heterocycles. The topological polar surface area (TPSA) is 52.6 Å². The molecule has 26 heavy (non-hydrogen) atoms. The van der Waals surface area contributed by atoms with Crippen molar-refractivity contribution in [2.24, 2.45) is 0 Å². The summed E-state index contributed by atoms with van der Waals surface area (Å²) in [5, 5.41) is 0. The molecule has 0 radical (unpaired) electrons. The second-order valence-electron chi connectivity index (χ2n) is 5.72. The first-order valence-electron chi connectivity index (χ1n) is 8.16. The molecule has 0 N–H and O–H groups in total. The van der Waals surface area contributed by atoms with Crippen LogP contribution in [0.25, 0.3) is 11.1 Å². The normalized spacial score (nSPS) is 10.2. The summed E-state index contributed by atoms with van der Waals surface area (Å²) < 4.78 is 10.7. The maximum Gasteiger partial charge on any atom is 0.341 e. The van der Waals surface area contributed by atoms with Gasteiger partial charge in [0.2, 0.25) is 0 Å². The van der Waals surface area contributed by atoms with Crippen LogP contribution in [0.3, 0.4) is 0 Å². The molecular weight excluding hydrogens is 328 g/mol. The average Bonchev–Trinajstić information content (AvgIpc) is 2.72. The van der Waals surface area contributed by atoms with Crippen molar-refractivity contribution in [2.45, 2.75) is 6.61 Å². The Morgan fingerprint density at radius 1 is 0.923 bits per heavy atom. The second-order valence-corrected chi connectivity index (χ2v) is 5.72. The molecule has 0 aliphatic rings. The highest BCUT2D eigenvalue weighted by molar-refractivity contribution is 5.93. The van der Waals surface area contributed by atoms with Crippen LogP contribution < -0.4 is 4.74 Å². The van der Waals surface area contributed by atoms with Gasteiger partial charge in [0.15, 0.2) is 0 Å². The molecule has 0 spiro atoms. The van der Waals surface area contributed by atoms with Crippen LogP contribution in [0.1, 0.15) is 26.3 Å². The van der Waals surface area contributed by atoms with Gasteiger partial charge in [0, 0.05) is 5.56 Å². The zero-order valence-electron chi connectivity index (χ0n) is 14.3. The van der Waals surface area contributed by atoms with Gasteiger partial charge in [0.25, 0.3) is 0 Å². The van der Waals surface area contributed by atoms with Crippen molar-refractivity contribution in [3.63, 3.8) is 0 Å². The molecule has 0 saturated heterocycles. The number of carbonyl (C=O) groups excluding carboxylic acids is 2. The van der Waals surface area contributed by atoms with Crippen molar-refractivity contribution >= 4 is 12.3 Å². The predicted octanol–water partition coefficient (Wildman–Crippen LogP) is 4.53. The van der Waals surface area contributed by atoms with E-state index in [2.05, 4.69) is 0 Å². The van der Waals surface area contributed by atoms with Crippen LogP contribution >= 0.6 is 0 Å². The van der Waals surface area contributed by atoms with E-state index < -0.39 is 5.97 Å². The van der Waals surface area contributed by atoms with E-state index in [0.717, 1.165) is 23.0 Å². The van der Waals surface area contributed by atoms with Gasteiger partial charge in [0.05, 0.1) is 7.11 Å². The fourth-order valence-corrected chi connectivity index (χ4v) is 2.59. The third kappa shape index (κ3) is 3.98. The van der Waals surface area contributed by atoms with E-state index in [1.165, 1.54) is 7.11 Å². The number of esters is 1. The molecule has 3 aromatic carbocycles. The van der Waals surface area contributed by atoms with Gasteiger partial charge < -0.3 is 9.47 Å². The van der Waals surface area contributed by atoms with Crippen molar-refractivity contribution in [3.8, 4) is 16.9 Å². The molecule has 0 bridgehead atoms. The third-order valence-electron chi connectivity index (χ3n) is 4.00. The highest BCUT2D eigenvalue weighted by Crippen LogP contribution is 2.29. The summed E-state index contributed by atoms with van der Waals surface area (Å²) >= 11 is 0. The Morgan fingerprint density at radius 2 is 1.62 bits per heavy atom. The monoisotopic (exact) mass is 346 g/mol. The lowest BCUT2D eigenvalue weighted by Crippen LogP contribution is -2.06. The van der Waals surface area contributed by atoms with Crippen LogP contribution in [0, 0.1) is 0 Å². The minimum atomic E-state index is -0.448. The number of carbonyl (C=O) groups is 2. The number of hydrogen-bond donors (Lipinski definition) is 0. The van der Waals surface area contributed by atoms with Crippen LogP contribution in [-0.2, 0) is 11.3 Å². The van der Waals surface area contributed by atoms with Gasteiger partial charge >= 0.3 is 5.97 Å². The first kappa shape index (κ1) is 17.4. The van der Waals surface area contributed by atoms with Gasteiger partial charge in [-0.25, -0.2) is 4.79 Å². The van der Waals surface area contributed by atoms with E-state index in [0.29, 0.717) is 23.5 Å². The average molecular weight is 346 g/mol. The number of hydrogen-bond acceptors (Lipinski definition) is 4. The van der Waals surface area contributed by atoms with Gasteiger partial charge in [-0.3, -0.25) is 4.79 Å². The minimum absolute atomic E-state index is 0.346. The minimum Gasteiger partial charge on any atom is -0.488 e. The van der Waals surface area contributed by atoms with E-state index in [4.69, 9.17) is 9.47 Å². The maximum absolute atomic E-state index is 12.0. The van der Waals surface area contributed by atoms with Crippen LogP contribution in [0.5, 0.6) is 5.75 Å². The number of rotatable bonds is 6. The Kier molecular flexibility index (Phi) is 5.44. The van der Waals surface area contributed by atoms with Crippen LogP contribution in [-0.4, -0.2) is 19.4 Å². The Morgan fingerprint density at radius 3 is 2.27 bits per heavy atom. The summed E-state index contributed by atoms with van der Waals surface area (Å²) in [5.41, 5.74) is 3.80. The summed E-state index contributed by atoms with van der Waals surface area (Å²) in [4.78, 5) is 22.8. The lowest BCUT2D eigenvalue weighted by Gasteiger charge is -2.13. The van der Waals surface area contributed by atoms with Gasteiger partial charge in [-0.2, -0.15) is 0 Å². The van der Waals surface area contributed by atoms with Crippen molar-refractivity contribution in [3.05, 3.63) is 89.5 Å². The molecule has 3 rings (SSSR count). The molecule has 0 atom stereocenters. The number of ether oxygens (including phenoxy) is 2. The van der Waals surface area contributed by atoms with Gasteiger partial charge in [-0.1, -0.05) is 60.7 Å². The highest BCUT2D eigenvalue weighted by Gasteiger charge is 2.14. The zero-order chi connectivity index (χ0) is 18.4. The van der Waals surface area contributed by atoms with Crippen LogP contribution in [0.15, 0.2) is 72.8 Å². The fourth-order valence-electron chi connectivity index (χ4n) is 2.59. The lowest BCUT2D eigenvalue weighted by atomic mass is 10.0. The summed E-state index contributed by atoms with van der Waals surface area (Å²) in [5.74, 6) is 0.00795. The molecule has 0 aliphatic heterocycles. The lowest BCUT2D eigenvalue weighted by molar-refractivity contribution is 0.0595. The Hall–Kier alpha value is -3.40. The van der Waals surface area contributed by atoms with Crippen molar-refractivity contribution < 1.29 is 19.1 Å². The molecule has 0 aliphatic carbocycles. The van der Waals surface area contributed by atoms with Crippen molar-refractivity contribution in [2.75, 3.05) is 7.11 Å². The second kappa shape index (κ2) is 8.12. The smallest absolute Gasteiger partial charge is 0.341 e. The summed E-state index contributed by atoms with van der Waals surface area (Å²) in [6.07, 6.45) is 0.804. The molecule has 3 aromatic rings. The Bertz CT molecular complexity index is 899. The molecule has 130 valence electrons. The molecule has 0 fully saturated rings. The maximum atomic E-state index is 12.0. The summed E-state index contributed by atoms with van der Waals surface area (Å²) in [7, 11) is 1.34. The first-order valence-corrected chi connectivity index (χ1v) is 8.16. The van der Waals surface area contributed by atoms with Crippen LogP contribution in [0.2, 0.25) is 0 Å². The largest absolute Gasteiger partial charge is 0.488 e. The van der Waals surface area contributed by atoms with Crippen LogP contribution in [0.4, 0.5) is 0 Å². The van der Waals surface area contributed by atoms with Gasteiger partial charge in [-0.15, -0.1) is 0 Å². The molecule has 0 unspecified atom stereocenters. The predicted molar refractivity (Wildman–Crippen MR) is 99.4 cm³/mol. The standard InChI is InChI=1S/C22H18O4/c1-25-22(24)20-12-11-19(18-9-7-16(14-23)8-10-18)13-21(20)26-15-17-5-3-2-4-6-17/h2-14H,15H2,1H3. The number of methoxy groups -OCH3 is 1. The first-order chi connectivity index (χ1) is 12.7. The number of benzene rings is 3. The molecule has 4 heteroatoms. The van der Waals surface area contributed by atoms with E-state index >= 15 is 0 Å². The summed E-state index contributed by atoms with van der Waals surface area (Å²) in [6, 6.07) is 22.3. The zero-order valence-corrected chi connectivity index (χ0v) is 14.3. The SMILES string of the molecule is COC(=O)c1ccc(-c2ccc(C=O)cc2)cc1OCc1ccccc1. The molecule has 4 nitrogen and oxygen atoms in total. The van der Waals surface area contributed by atoms with E-state index in [1.54, 1.807) is 18.2 Å². The molecular formula is C22H18O4. The van der Waals surface area contributed by atoms with Crippen molar-refractivity contribution in [1.82, 2.24) is 0 Å². The molecule has 0 heterocycles. The number of aldehydes is 1. The molecule has 0 saturated carbocycles. The third-order valence-corrected chi connectivity index (χ3v) is 4.00. The van der Waals surface area contributed by atoms with Crippen molar-refractivity contribution in [1.29, 1.82) is 0 Å².